The summed E-state index contributed by atoms with van der Waals surface area (Å²) in [4.78, 5) is 12.4. The van der Waals surface area contributed by atoms with Crippen molar-refractivity contribution < 1.29 is 9.90 Å². The zero-order chi connectivity index (χ0) is 15.1. The molecule has 0 saturated heterocycles. The summed E-state index contributed by atoms with van der Waals surface area (Å²) in [6, 6.07) is 2.28. The Labute approximate surface area is 122 Å². The molecule has 1 fully saturated rings. The van der Waals surface area contributed by atoms with Gasteiger partial charge in [-0.1, -0.05) is 39.5 Å². The third kappa shape index (κ3) is 4.79. The summed E-state index contributed by atoms with van der Waals surface area (Å²) in [6.07, 6.45) is 7.16. The van der Waals surface area contributed by atoms with E-state index in [1.165, 1.54) is 0 Å². The monoisotopic (exact) mass is 280 g/mol. The Bertz CT molecular complexity index is 350. The van der Waals surface area contributed by atoms with Crippen molar-refractivity contribution in [2.45, 2.75) is 65.2 Å². The van der Waals surface area contributed by atoms with Gasteiger partial charge < -0.3 is 10.4 Å². The highest BCUT2D eigenvalue weighted by Crippen LogP contribution is 2.35. The Balaban J connectivity index is 2.57. The van der Waals surface area contributed by atoms with Gasteiger partial charge in [0.1, 0.15) is 5.41 Å². The third-order valence-electron chi connectivity index (χ3n) is 4.34. The predicted octanol–water partition coefficient (Wildman–Crippen LogP) is 2.77. The van der Waals surface area contributed by atoms with Gasteiger partial charge in [-0.3, -0.25) is 4.79 Å². The van der Waals surface area contributed by atoms with Gasteiger partial charge in [-0.15, -0.1) is 0 Å². The topological polar surface area (TPSA) is 73.1 Å². The van der Waals surface area contributed by atoms with Crippen LogP contribution < -0.4 is 5.32 Å². The molecular formula is C16H28N2O2. The van der Waals surface area contributed by atoms with Crippen molar-refractivity contribution in [3.05, 3.63) is 0 Å². The van der Waals surface area contributed by atoms with Gasteiger partial charge in [-0.2, -0.15) is 5.26 Å². The molecule has 0 bridgehead atoms. The number of hydrogen-bond acceptors (Lipinski definition) is 3. The molecule has 0 aromatic rings. The zero-order valence-corrected chi connectivity index (χ0v) is 12.9. The Hall–Kier alpha value is -1.08. The van der Waals surface area contributed by atoms with E-state index in [-0.39, 0.29) is 17.9 Å². The molecule has 1 aliphatic carbocycles. The summed E-state index contributed by atoms with van der Waals surface area (Å²) >= 11 is 0. The van der Waals surface area contributed by atoms with Crippen LogP contribution in [0.2, 0.25) is 0 Å². The number of carbonyl (C=O) groups excluding carboxylic acids is 1. The predicted molar refractivity (Wildman–Crippen MR) is 78.9 cm³/mol. The van der Waals surface area contributed by atoms with E-state index in [2.05, 4.69) is 25.2 Å². The standard InChI is InChI=1S/C16H28N2O2/c1-15(2,8-7-11-19)13-18-14(20)16(12-17)9-5-3-4-6-10-16/h19H,3-11,13H2,1-2H3,(H,18,20). The minimum absolute atomic E-state index is 0.0419. The van der Waals surface area contributed by atoms with Crippen molar-refractivity contribution in [2.24, 2.45) is 10.8 Å². The lowest BCUT2D eigenvalue weighted by atomic mass is 9.80. The van der Waals surface area contributed by atoms with E-state index in [4.69, 9.17) is 5.11 Å². The van der Waals surface area contributed by atoms with Crippen LogP contribution in [0, 0.1) is 22.2 Å². The highest BCUT2D eigenvalue weighted by molar-refractivity contribution is 5.85. The van der Waals surface area contributed by atoms with E-state index < -0.39 is 5.41 Å². The molecule has 0 spiro atoms. The first-order valence-corrected chi connectivity index (χ1v) is 7.76. The van der Waals surface area contributed by atoms with Crippen LogP contribution in [0.4, 0.5) is 0 Å². The molecule has 20 heavy (non-hydrogen) atoms. The lowest BCUT2D eigenvalue weighted by Gasteiger charge is -2.29. The van der Waals surface area contributed by atoms with E-state index in [0.29, 0.717) is 19.4 Å². The molecule has 0 heterocycles. The number of amides is 1. The Morgan fingerprint density at radius 3 is 2.40 bits per heavy atom. The van der Waals surface area contributed by atoms with E-state index in [1.807, 2.05) is 0 Å². The zero-order valence-electron chi connectivity index (χ0n) is 12.9. The quantitative estimate of drug-likeness (QED) is 0.735. The van der Waals surface area contributed by atoms with Crippen molar-refractivity contribution in [3.8, 4) is 6.07 Å². The third-order valence-corrected chi connectivity index (χ3v) is 4.34. The molecule has 0 aliphatic heterocycles. The molecule has 1 saturated carbocycles. The maximum atomic E-state index is 12.4. The average molecular weight is 280 g/mol. The van der Waals surface area contributed by atoms with Crippen LogP contribution in [0.5, 0.6) is 0 Å². The number of nitriles is 1. The normalized spacial score (nSPS) is 18.9. The molecule has 2 N–H and O–H groups in total. The van der Waals surface area contributed by atoms with E-state index in [0.717, 1.165) is 38.5 Å². The molecule has 0 aromatic heterocycles. The number of carbonyl (C=O) groups is 1. The lowest BCUT2D eigenvalue weighted by Crippen LogP contribution is -2.43. The van der Waals surface area contributed by atoms with Crippen LogP contribution in [-0.4, -0.2) is 24.2 Å². The Morgan fingerprint density at radius 1 is 1.30 bits per heavy atom. The Morgan fingerprint density at radius 2 is 1.90 bits per heavy atom. The van der Waals surface area contributed by atoms with Gasteiger partial charge in [0.05, 0.1) is 6.07 Å². The van der Waals surface area contributed by atoms with Crippen molar-refractivity contribution in [1.29, 1.82) is 5.26 Å². The van der Waals surface area contributed by atoms with Gasteiger partial charge in [0.25, 0.3) is 0 Å². The van der Waals surface area contributed by atoms with E-state index >= 15 is 0 Å². The number of nitrogens with zero attached hydrogens (tertiary/aromatic N) is 1. The van der Waals surface area contributed by atoms with Crippen molar-refractivity contribution in [3.63, 3.8) is 0 Å². The maximum Gasteiger partial charge on any atom is 0.240 e. The Kier molecular flexibility index (Phi) is 6.48. The van der Waals surface area contributed by atoms with Crippen LogP contribution >= 0.6 is 0 Å². The molecule has 1 rings (SSSR count). The van der Waals surface area contributed by atoms with Crippen molar-refractivity contribution >= 4 is 5.91 Å². The molecule has 0 unspecified atom stereocenters. The summed E-state index contributed by atoms with van der Waals surface area (Å²) in [5.74, 6) is -0.0982. The van der Waals surface area contributed by atoms with Crippen LogP contribution in [0.25, 0.3) is 0 Å². The van der Waals surface area contributed by atoms with Crippen LogP contribution in [0.1, 0.15) is 65.2 Å². The molecular weight excluding hydrogens is 252 g/mol. The van der Waals surface area contributed by atoms with Gasteiger partial charge in [-0.05, 0) is 31.1 Å². The lowest BCUT2D eigenvalue weighted by molar-refractivity contribution is -0.129. The molecule has 0 aromatic carbocycles. The summed E-state index contributed by atoms with van der Waals surface area (Å²) < 4.78 is 0. The fourth-order valence-electron chi connectivity index (χ4n) is 2.86. The minimum atomic E-state index is -0.816. The maximum absolute atomic E-state index is 12.4. The summed E-state index contributed by atoms with van der Waals surface area (Å²) in [6.45, 7) is 4.90. The van der Waals surface area contributed by atoms with Gasteiger partial charge in [-0.25, -0.2) is 0 Å². The second-order valence-corrected chi connectivity index (χ2v) is 6.78. The minimum Gasteiger partial charge on any atom is -0.396 e. The second-order valence-electron chi connectivity index (χ2n) is 6.78. The number of rotatable bonds is 6. The molecule has 1 amide bonds. The molecule has 1 aliphatic rings. The smallest absolute Gasteiger partial charge is 0.240 e. The fraction of sp³-hybridized carbons (Fsp3) is 0.875. The number of aliphatic hydroxyl groups is 1. The molecule has 4 nitrogen and oxygen atoms in total. The van der Waals surface area contributed by atoms with Gasteiger partial charge in [0.15, 0.2) is 0 Å². The number of hydrogen-bond donors (Lipinski definition) is 2. The molecule has 4 heteroatoms. The highest BCUT2D eigenvalue weighted by Gasteiger charge is 2.39. The molecule has 0 radical (unpaired) electrons. The van der Waals surface area contributed by atoms with Crippen LogP contribution in [-0.2, 0) is 4.79 Å². The first-order chi connectivity index (χ1) is 9.46. The number of aliphatic hydroxyl groups excluding tert-OH is 1. The highest BCUT2D eigenvalue weighted by atomic mass is 16.2. The summed E-state index contributed by atoms with van der Waals surface area (Å²) in [5, 5.41) is 21.3. The summed E-state index contributed by atoms with van der Waals surface area (Å²) in [7, 11) is 0. The average Bonchev–Trinajstić information content (AvgIpc) is 2.69. The first-order valence-electron chi connectivity index (χ1n) is 7.76. The molecule has 0 atom stereocenters. The van der Waals surface area contributed by atoms with E-state index in [1.54, 1.807) is 0 Å². The number of nitrogens with one attached hydrogen (secondary N) is 1. The second kappa shape index (κ2) is 7.64. The van der Waals surface area contributed by atoms with Crippen molar-refractivity contribution in [2.75, 3.05) is 13.2 Å². The van der Waals surface area contributed by atoms with E-state index in [9.17, 15) is 10.1 Å². The van der Waals surface area contributed by atoms with Crippen molar-refractivity contribution in [1.82, 2.24) is 5.32 Å². The van der Waals surface area contributed by atoms with Gasteiger partial charge >= 0.3 is 0 Å². The van der Waals surface area contributed by atoms with Gasteiger partial charge in [0, 0.05) is 13.2 Å². The van der Waals surface area contributed by atoms with Crippen LogP contribution in [0.15, 0.2) is 0 Å². The SMILES string of the molecule is CC(C)(CCCO)CNC(=O)C1(C#N)CCCCCC1. The van der Waals surface area contributed by atoms with Crippen LogP contribution in [0.3, 0.4) is 0 Å². The summed E-state index contributed by atoms with van der Waals surface area (Å²) in [5.41, 5.74) is -0.858. The molecule has 114 valence electrons. The fourth-order valence-corrected chi connectivity index (χ4v) is 2.86. The largest absolute Gasteiger partial charge is 0.396 e. The first kappa shape index (κ1) is 17.0. The van der Waals surface area contributed by atoms with Gasteiger partial charge in [0.2, 0.25) is 5.91 Å².